The molecule has 1 aromatic carbocycles. The van der Waals surface area contributed by atoms with E-state index >= 15 is 0 Å². The summed E-state index contributed by atoms with van der Waals surface area (Å²) in [5.74, 6) is -0.644. The van der Waals surface area contributed by atoms with Crippen LogP contribution in [0.15, 0.2) is 18.2 Å². The number of methoxy groups -OCH3 is 1. The molecule has 4 nitrogen and oxygen atoms in total. The summed E-state index contributed by atoms with van der Waals surface area (Å²) < 4.78 is 4.65. The van der Waals surface area contributed by atoms with E-state index in [1.807, 2.05) is 13.8 Å². The van der Waals surface area contributed by atoms with Gasteiger partial charge in [-0.25, -0.2) is 4.79 Å². The number of carbonyl (C=O) groups excluding carboxylic acids is 2. The van der Waals surface area contributed by atoms with E-state index < -0.39 is 5.97 Å². The van der Waals surface area contributed by atoms with Crippen molar-refractivity contribution < 1.29 is 14.3 Å². The van der Waals surface area contributed by atoms with E-state index in [4.69, 9.17) is 11.6 Å². The minimum absolute atomic E-state index is 0.125. The number of halogens is 1. The summed E-state index contributed by atoms with van der Waals surface area (Å²) in [7, 11) is 1.32. The molecule has 1 amide bonds. The first kappa shape index (κ1) is 14.5. The third kappa shape index (κ3) is 3.47. The minimum atomic E-state index is -0.438. The molecule has 0 aliphatic carbocycles. The second kappa shape index (κ2) is 6.40. The Morgan fingerprint density at radius 3 is 2.56 bits per heavy atom. The van der Waals surface area contributed by atoms with Crippen molar-refractivity contribution in [2.45, 2.75) is 19.8 Å². The maximum absolute atomic E-state index is 11.4. The molecular formula is C13H16ClNO3. The molecule has 0 aliphatic rings. The Labute approximate surface area is 111 Å². The molecule has 0 radical (unpaired) electrons. The Morgan fingerprint density at radius 1 is 1.39 bits per heavy atom. The van der Waals surface area contributed by atoms with Crippen LogP contribution in [0.3, 0.4) is 0 Å². The van der Waals surface area contributed by atoms with E-state index in [2.05, 4.69) is 10.1 Å². The first-order valence-corrected chi connectivity index (χ1v) is 6.11. The summed E-state index contributed by atoms with van der Waals surface area (Å²) in [6.07, 6.45) is 0. The second-order valence-corrected chi connectivity index (χ2v) is 4.40. The summed E-state index contributed by atoms with van der Waals surface area (Å²) in [5.41, 5.74) is 1.94. The van der Waals surface area contributed by atoms with Crippen LogP contribution >= 0.6 is 11.6 Å². The molecule has 1 rings (SSSR count). The van der Waals surface area contributed by atoms with E-state index in [9.17, 15) is 9.59 Å². The van der Waals surface area contributed by atoms with E-state index in [0.29, 0.717) is 11.3 Å². The molecule has 5 heteroatoms. The fourth-order valence-corrected chi connectivity index (χ4v) is 1.66. The molecule has 1 aromatic rings. The van der Waals surface area contributed by atoms with Crippen molar-refractivity contribution in [1.29, 1.82) is 0 Å². The SMILES string of the molecule is COC(=O)c1ccc(C(C)C)c(NC(=O)CCl)c1. The number of hydrogen-bond acceptors (Lipinski definition) is 3. The number of rotatable bonds is 4. The number of alkyl halides is 1. The molecule has 0 unspecified atom stereocenters. The number of esters is 1. The molecule has 0 bridgehead atoms. The normalized spacial score (nSPS) is 10.3. The average Bonchev–Trinajstić information content (AvgIpc) is 2.37. The highest BCUT2D eigenvalue weighted by molar-refractivity contribution is 6.29. The van der Waals surface area contributed by atoms with Crippen LogP contribution < -0.4 is 5.32 Å². The molecule has 0 heterocycles. The van der Waals surface area contributed by atoms with Crippen molar-refractivity contribution in [3.63, 3.8) is 0 Å². The zero-order valence-corrected chi connectivity index (χ0v) is 11.4. The van der Waals surface area contributed by atoms with E-state index in [-0.39, 0.29) is 17.7 Å². The Kier molecular flexibility index (Phi) is 5.16. The third-order valence-electron chi connectivity index (χ3n) is 2.49. The highest BCUT2D eigenvalue weighted by atomic mass is 35.5. The van der Waals surface area contributed by atoms with Crippen LogP contribution in [0.2, 0.25) is 0 Å². The zero-order valence-electron chi connectivity index (χ0n) is 10.6. The fourth-order valence-electron chi connectivity index (χ4n) is 1.60. The topological polar surface area (TPSA) is 55.4 Å². The number of anilines is 1. The van der Waals surface area contributed by atoms with Gasteiger partial charge >= 0.3 is 5.97 Å². The molecule has 0 spiro atoms. The zero-order chi connectivity index (χ0) is 13.7. The molecule has 18 heavy (non-hydrogen) atoms. The van der Waals surface area contributed by atoms with Gasteiger partial charge in [-0.15, -0.1) is 11.6 Å². The number of hydrogen-bond donors (Lipinski definition) is 1. The smallest absolute Gasteiger partial charge is 0.337 e. The lowest BCUT2D eigenvalue weighted by Crippen LogP contribution is -2.15. The molecule has 98 valence electrons. The van der Waals surface area contributed by atoms with Crippen molar-refractivity contribution in [3.05, 3.63) is 29.3 Å². The molecule has 0 aliphatic heterocycles. The lowest BCUT2D eigenvalue weighted by atomic mass is 9.99. The molecule has 0 saturated heterocycles. The first-order valence-electron chi connectivity index (χ1n) is 5.57. The van der Waals surface area contributed by atoms with Gasteiger partial charge in [-0.3, -0.25) is 4.79 Å². The average molecular weight is 270 g/mol. The lowest BCUT2D eigenvalue weighted by molar-refractivity contribution is -0.113. The summed E-state index contributed by atoms with van der Waals surface area (Å²) >= 11 is 5.46. The van der Waals surface area contributed by atoms with Gasteiger partial charge in [0.1, 0.15) is 5.88 Å². The number of benzene rings is 1. The molecule has 0 aromatic heterocycles. The van der Waals surface area contributed by atoms with Crippen LogP contribution in [0.5, 0.6) is 0 Å². The predicted molar refractivity (Wildman–Crippen MR) is 71.2 cm³/mol. The molecule has 0 atom stereocenters. The van der Waals surface area contributed by atoms with Gasteiger partial charge in [0, 0.05) is 5.69 Å². The molecular weight excluding hydrogens is 254 g/mol. The number of carbonyl (C=O) groups is 2. The highest BCUT2D eigenvalue weighted by Crippen LogP contribution is 2.25. The van der Waals surface area contributed by atoms with Crippen molar-refractivity contribution in [2.24, 2.45) is 0 Å². The molecule has 0 fully saturated rings. The number of nitrogens with one attached hydrogen (secondary N) is 1. The van der Waals surface area contributed by atoms with Crippen molar-refractivity contribution in [3.8, 4) is 0 Å². The number of ether oxygens (including phenoxy) is 1. The maximum atomic E-state index is 11.4. The van der Waals surface area contributed by atoms with Gasteiger partial charge in [-0.1, -0.05) is 19.9 Å². The van der Waals surface area contributed by atoms with Crippen molar-refractivity contribution in [2.75, 3.05) is 18.3 Å². The Hall–Kier alpha value is -1.55. The van der Waals surface area contributed by atoms with E-state index in [0.717, 1.165) is 5.56 Å². The first-order chi connectivity index (χ1) is 8.49. The minimum Gasteiger partial charge on any atom is -0.465 e. The van der Waals surface area contributed by atoms with Crippen LogP contribution in [0, 0.1) is 0 Å². The number of amides is 1. The van der Waals surface area contributed by atoms with Gasteiger partial charge in [0.15, 0.2) is 0 Å². The summed E-state index contributed by atoms with van der Waals surface area (Å²) in [4.78, 5) is 22.8. The summed E-state index contributed by atoms with van der Waals surface area (Å²) in [6, 6.07) is 5.09. The van der Waals surface area contributed by atoms with Gasteiger partial charge < -0.3 is 10.1 Å². The Morgan fingerprint density at radius 2 is 2.06 bits per heavy atom. The van der Waals surface area contributed by atoms with Gasteiger partial charge in [0.05, 0.1) is 12.7 Å². The predicted octanol–water partition coefficient (Wildman–Crippen LogP) is 2.77. The van der Waals surface area contributed by atoms with Gasteiger partial charge in [-0.05, 0) is 23.6 Å². The fraction of sp³-hybridized carbons (Fsp3) is 0.385. The van der Waals surface area contributed by atoms with E-state index in [1.165, 1.54) is 7.11 Å². The highest BCUT2D eigenvalue weighted by Gasteiger charge is 2.13. The summed E-state index contributed by atoms with van der Waals surface area (Å²) in [6.45, 7) is 4.01. The molecule has 0 saturated carbocycles. The van der Waals surface area contributed by atoms with Gasteiger partial charge in [0.25, 0.3) is 0 Å². The Bertz CT molecular complexity index is 458. The maximum Gasteiger partial charge on any atom is 0.337 e. The van der Waals surface area contributed by atoms with Crippen LogP contribution in [0.1, 0.15) is 35.7 Å². The Balaban J connectivity index is 3.15. The second-order valence-electron chi connectivity index (χ2n) is 4.13. The largest absolute Gasteiger partial charge is 0.465 e. The summed E-state index contributed by atoms with van der Waals surface area (Å²) in [5, 5.41) is 2.68. The van der Waals surface area contributed by atoms with Gasteiger partial charge in [0.2, 0.25) is 5.91 Å². The standard InChI is InChI=1S/C13H16ClNO3/c1-8(2)10-5-4-9(13(17)18-3)6-11(10)15-12(16)7-14/h4-6,8H,7H2,1-3H3,(H,15,16). The van der Waals surface area contributed by atoms with Crippen LogP contribution in [-0.4, -0.2) is 24.9 Å². The lowest BCUT2D eigenvalue weighted by Gasteiger charge is -2.14. The van der Waals surface area contributed by atoms with Gasteiger partial charge in [-0.2, -0.15) is 0 Å². The quantitative estimate of drug-likeness (QED) is 0.675. The van der Waals surface area contributed by atoms with Crippen LogP contribution in [0.25, 0.3) is 0 Å². The monoisotopic (exact) mass is 269 g/mol. The third-order valence-corrected chi connectivity index (χ3v) is 2.73. The van der Waals surface area contributed by atoms with Crippen LogP contribution in [-0.2, 0) is 9.53 Å². The van der Waals surface area contributed by atoms with E-state index in [1.54, 1.807) is 18.2 Å². The van der Waals surface area contributed by atoms with Crippen LogP contribution in [0.4, 0.5) is 5.69 Å². The molecule has 1 N–H and O–H groups in total. The van der Waals surface area contributed by atoms with Crippen molar-refractivity contribution in [1.82, 2.24) is 0 Å². The van der Waals surface area contributed by atoms with Crippen molar-refractivity contribution >= 4 is 29.2 Å².